The molecule has 0 fully saturated rings. The minimum absolute atomic E-state index is 0.0547. The first kappa shape index (κ1) is 20.6. The van der Waals surface area contributed by atoms with Crippen molar-refractivity contribution in [2.45, 2.75) is 17.9 Å². The second-order valence-electron chi connectivity index (χ2n) is 6.95. The topological polar surface area (TPSA) is 101 Å². The average molecular weight is 433 g/mol. The highest BCUT2D eigenvalue weighted by molar-refractivity contribution is 7.89. The van der Waals surface area contributed by atoms with Crippen LogP contribution in [-0.2, 0) is 26.2 Å². The standard InChI is InChI=1S/C23H19N3O4S/c24-14-21-19(15-26-12-4-3-7-22(21)26)16-30-23(27)10-11-25-31(28,29)20-9-8-17-5-1-2-6-18(17)13-20/h1-9,12-13,15,25H,10-11,16H2. The summed E-state index contributed by atoms with van der Waals surface area (Å²) in [5.74, 6) is -0.555. The van der Waals surface area contributed by atoms with Gasteiger partial charge in [-0.15, -0.1) is 0 Å². The molecule has 2 aromatic heterocycles. The van der Waals surface area contributed by atoms with Gasteiger partial charge >= 0.3 is 5.97 Å². The summed E-state index contributed by atoms with van der Waals surface area (Å²) in [6.07, 6.45) is 3.43. The van der Waals surface area contributed by atoms with Gasteiger partial charge in [0.1, 0.15) is 12.7 Å². The van der Waals surface area contributed by atoms with E-state index in [-0.39, 0.29) is 24.5 Å². The number of esters is 1. The summed E-state index contributed by atoms with van der Waals surface area (Å²) in [7, 11) is -3.75. The average Bonchev–Trinajstić information content (AvgIpc) is 3.14. The molecule has 0 radical (unpaired) electrons. The molecule has 4 rings (SSSR count). The predicted molar refractivity (Wildman–Crippen MR) is 116 cm³/mol. The second kappa shape index (κ2) is 8.60. The highest BCUT2D eigenvalue weighted by atomic mass is 32.2. The minimum atomic E-state index is -3.75. The summed E-state index contributed by atoms with van der Waals surface area (Å²) >= 11 is 0. The van der Waals surface area contributed by atoms with Crippen LogP contribution in [0.5, 0.6) is 0 Å². The number of nitriles is 1. The van der Waals surface area contributed by atoms with Crippen molar-refractivity contribution in [3.8, 4) is 6.07 Å². The normalized spacial score (nSPS) is 11.5. The van der Waals surface area contributed by atoms with E-state index < -0.39 is 16.0 Å². The van der Waals surface area contributed by atoms with Crippen molar-refractivity contribution in [1.82, 2.24) is 9.12 Å². The van der Waals surface area contributed by atoms with Crippen LogP contribution >= 0.6 is 0 Å². The van der Waals surface area contributed by atoms with Crippen LogP contribution in [0, 0.1) is 11.3 Å². The fourth-order valence-corrected chi connectivity index (χ4v) is 4.42. The maximum atomic E-state index is 12.5. The molecule has 2 heterocycles. The van der Waals surface area contributed by atoms with Gasteiger partial charge in [0.05, 0.1) is 22.4 Å². The van der Waals surface area contributed by atoms with Crippen molar-refractivity contribution in [3.05, 3.63) is 84.2 Å². The molecule has 0 saturated carbocycles. The van der Waals surface area contributed by atoms with E-state index in [2.05, 4.69) is 10.8 Å². The third-order valence-electron chi connectivity index (χ3n) is 4.92. The van der Waals surface area contributed by atoms with Crippen molar-refractivity contribution < 1.29 is 17.9 Å². The van der Waals surface area contributed by atoms with Gasteiger partial charge in [0.2, 0.25) is 10.0 Å². The highest BCUT2D eigenvalue weighted by Crippen LogP contribution is 2.20. The Balaban J connectivity index is 1.34. The Morgan fingerprint density at radius 2 is 1.84 bits per heavy atom. The lowest BCUT2D eigenvalue weighted by molar-refractivity contribution is -0.144. The van der Waals surface area contributed by atoms with Gasteiger partial charge in [0, 0.05) is 24.5 Å². The molecule has 31 heavy (non-hydrogen) atoms. The van der Waals surface area contributed by atoms with Crippen molar-refractivity contribution in [3.63, 3.8) is 0 Å². The molecule has 4 aromatic rings. The zero-order valence-corrected chi connectivity index (χ0v) is 17.3. The molecule has 156 valence electrons. The van der Waals surface area contributed by atoms with E-state index >= 15 is 0 Å². The van der Waals surface area contributed by atoms with E-state index in [0.29, 0.717) is 11.1 Å². The smallest absolute Gasteiger partial charge is 0.307 e. The number of ether oxygens (including phenoxy) is 1. The molecule has 0 saturated heterocycles. The van der Waals surface area contributed by atoms with Crippen LogP contribution < -0.4 is 4.72 Å². The lowest BCUT2D eigenvalue weighted by atomic mass is 10.1. The van der Waals surface area contributed by atoms with Crippen molar-refractivity contribution in [2.24, 2.45) is 0 Å². The number of fused-ring (bicyclic) bond motifs is 2. The number of nitrogens with one attached hydrogen (secondary N) is 1. The molecular weight excluding hydrogens is 414 g/mol. The van der Waals surface area contributed by atoms with Crippen LogP contribution in [0.4, 0.5) is 0 Å². The van der Waals surface area contributed by atoms with Crippen LogP contribution in [-0.4, -0.2) is 25.3 Å². The fourth-order valence-electron chi connectivity index (χ4n) is 3.35. The molecular formula is C23H19N3O4S. The van der Waals surface area contributed by atoms with Gasteiger partial charge in [-0.1, -0.05) is 36.4 Å². The number of carbonyl (C=O) groups is 1. The van der Waals surface area contributed by atoms with Gasteiger partial charge in [-0.3, -0.25) is 4.79 Å². The molecule has 0 unspecified atom stereocenters. The summed E-state index contributed by atoms with van der Waals surface area (Å²) in [6.45, 7) is -0.141. The van der Waals surface area contributed by atoms with E-state index in [1.165, 1.54) is 6.07 Å². The SMILES string of the molecule is N#Cc1c(COC(=O)CCNS(=O)(=O)c2ccc3ccccc3c2)cn2ccccc12. The number of benzene rings is 2. The van der Waals surface area contributed by atoms with E-state index in [0.717, 1.165) is 16.3 Å². The van der Waals surface area contributed by atoms with Crippen molar-refractivity contribution in [2.75, 3.05) is 6.54 Å². The van der Waals surface area contributed by atoms with Crippen LogP contribution in [0.2, 0.25) is 0 Å². The van der Waals surface area contributed by atoms with Gasteiger partial charge < -0.3 is 9.14 Å². The van der Waals surface area contributed by atoms with Crippen molar-refractivity contribution >= 4 is 32.3 Å². The van der Waals surface area contributed by atoms with Crippen molar-refractivity contribution in [1.29, 1.82) is 5.26 Å². The van der Waals surface area contributed by atoms with Gasteiger partial charge in [0.25, 0.3) is 0 Å². The molecule has 0 atom stereocenters. The Morgan fingerprint density at radius 3 is 2.65 bits per heavy atom. The number of nitrogens with zero attached hydrogens (tertiary/aromatic N) is 2. The molecule has 8 heteroatoms. The summed E-state index contributed by atoms with van der Waals surface area (Å²) in [4.78, 5) is 12.2. The Kier molecular flexibility index (Phi) is 5.71. The summed E-state index contributed by atoms with van der Waals surface area (Å²) in [6, 6.07) is 19.9. The lowest BCUT2D eigenvalue weighted by Crippen LogP contribution is -2.26. The first-order valence-corrected chi connectivity index (χ1v) is 11.1. The van der Waals surface area contributed by atoms with E-state index in [1.807, 2.05) is 48.7 Å². The van der Waals surface area contributed by atoms with Crippen LogP contribution in [0.15, 0.2) is 78.0 Å². The fraction of sp³-hybridized carbons (Fsp3) is 0.130. The maximum absolute atomic E-state index is 12.5. The number of sulfonamides is 1. The molecule has 0 aliphatic carbocycles. The maximum Gasteiger partial charge on any atom is 0.307 e. The number of rotatable bonds is 7. The monoisotopic (exact) mass is 433 g/mol. The molecule has 1 N–H and O–H groups in total. The first-order chi connectivity index (χ1) is 15.0. The third kappa shape index (κ3) is 4.43. The van der Waals surface area contributed by atoms with Crippen LogP contribution in [0.1, 0.15) is 17.5 Å². The zero-order chi connectivity index (χ0) is 21.8. The molecule has 0 amide bonds. The highest BCUT2D eigenvalue weighted by Gasteiger charge is 2.16. The van der Waals surface area contributed by atoms with E-state index in [9.17, 15) is 18.5 Å². The molecule has 7 nitrogen and oxygen atoms in total. The number of aromatic nitrogens is 1. The first-order valence-electron chi connectivity index (χ1n) is 9.61. The molecule has 0 spiro atoms. The quantitative estimate of drug-likeness (QED) is 0.450. The number of hydrogen-bond acceptors (Lipinski definition) is 5. The van der Waals surface area contributed by atoms with Gasteiger partial charge in [0.15, 0.2) is 0 Å². The molecule has 0 aliphatic heterocycles. The van der Waals surface area contributed by atoms with Gasteiger partial charge in [-0.25, -0.2) is 13.1 Å². The zero-order valence-electron chi connectivity index (χ0n) is 16.5. The summed E-state index contributed by atoms with van der Waals surface area (Å²) in [5.41, 5.74) is 1.78. The van der Waals surface area contributed by atoms with E-state index in [4.69, 9.17) is 4.74 Å². The molecule has 0 bridgehead atoms. The number of hydrogen-bond donors (Lipinski definition) is 1. The second-order valence-corrected chi connectivity index (χ2v) is 8.72. The summed E-state index contributed by atoms with van der Waals surface area (Å²) < 4.78 is 34.5. The Bertz CT molecular complexity index is 1420. The van der Waals surface area contributed by atoms with Gasteiger partial charge in [-0.05, 0) is 35.0 Å². The van der Waals surface area contributed by atoms with Gasteiger partial charge in [-0.2, -0.15) is 5.26 Å². The number of carbonyl (C=O) groups excluding carboxylic acids is 1. The third-order valence-corrected chi connectivity index (χ3v) is 6.37. The lowest BCUT2D eigenvalue weighted by Gasteiger charge is -2.08. The minimum Gasteiger partial charge on any atom is -0.461 e. The van der Waals surface area contributed by atoms with E-state index in [1.54, 1.807) is 22.7 Å². The largest absolute Gasteiger partial charge is 0.461 e. The summed E-state index contributed by atoms with van der Waals surface area (Å²) in [5, 5.41) is 11.2. The molecule has 0 aliphatic rings. The molecule has 2 aromatic carbocycles. The Morgan fingerprint density at radius 1 is 1.06 bits per heavy atom. The van der Waals surface area contributed by atoms with Crippen LogP contribution in [0.3, 0.4) is 0 Å². The number of pyridine rings is 1. The van der Waals surface area contributed by atoms with Crippen LogP contribution in [0.25, 0.3) is 16.3 Å². The Labute approximate surface area is 179 Å². The Hall–Kier alpha value is -3.67. The predicted octanol–water partition coefficient (Wildman–Crippen LogP) is 3.38.